The third-order valence-corrected chi connectivity index (χ3v) is 7.64. The second kappa shape index (κ2) is 10.3. The van der Waals surface area contributed by atoms with E-state index in [2.05, 4.69) is 0 Å². The van der Waals surface area contributed by atoms with Crippen molar-refractivity contribution in [2.24, 2.45) is 0 Å². The summed E-state index contributed by atoms with van der Waals surface area (Å²) in [5.41, 5.74) is 0.372. The molecule has 0 aromatic heterocycles. The number of likely N-dealkylation sites (tertiary alicyclic amines) is 1. The maximum atomic E-state index is 14.2. The van der Waals surface area contributed by atoms with E-state index in [0.29, 0.717) is 45.8 Å². The van der Waals surface area contributed by atoms with Crippen LogP contribution >= 0.6 is 23.2 Å². The zero-order chi connectivity index (χ0) is 27.2. The lowest BCUT2D eigenvalue weighted by molar-refractivity contribution is -0.140. The van der Waals surface area contributed by atoms with Gasteiger partial charge in [-0.2, -0.15) is 13.2 Å². The summed E-state index contributed by atoms with van der Waals surface area (Å²) >= 11 is 12.4. The molecule has 2 atom stereocenters. The molecule has 0 bridgehead atoms. The first-order chi connectivity index (χ1) is 18.0. The highest BCUT2D eigenvalue weighted by atomic mass is 35.5. The highest BCUT2D eigenvalue weighted by Crippen LogP contribution is 2.37. The van der Waals surface area contributed by atoms with Crippen molar-refractivity contribution >= 4 is 29.1 Å². The predicted molar refractivity (Wildman–Crippen MR) is 134 cm³/mol. The lowest BCUT2D eigenvalue weighted by Crippen LogP contribution is -2.38. The average molecular weight is 569 g/mol. The molecule has 2 aliphatic heterocycles. The maximum absolute atomic E-state index is 14.2. The number of carbonyl (C=O) groups is 1. The third kappa shape index (κ3) is 5.28. The standard InChI is InChI=1S/C27H22Cl2F4N2O3/c1-34(11-15-2-5-19(22(30)8-15)27(31,32)33)23-13-35(12-18(23)16-3-6-20(28)21(29)9-16)26(36)17-4-7-24-25(10-17)38-14-37-24/h2-10,18,23H,11-14H2,1H3/t18-,23?/m1/s1. The Bertz CT molecular complexity index is 1380. The molecule has 200 valence electrons. The van der Waals surface area contributed by atoms with Crippen molar-refractivity contribution in [3.05, 3.63) is 92.7 Å². The van der Waals surface area contributed by atoms with E-state index in [0.717, 1.165) is 17.7 Å². The van der Waals surface area contributed by atoms with Gasteiger partial charge in [-0.25, -0.2) is 4.39 Å². The number of alkyl halides is 3. The van der Waals surface area contributed by atoms with E-state index in [1.54, 1.807) is 42.3 Å². The summed E-state index contributed by atoms with van der Waals surface area (Å²) in [6, 6.07) is 12.9. The number of benzene rings is 3. The fourth-order valence-corrected chi connectivity index (χ4v) is 5.28. The van der Waals surface area contributed by atoms with Crippen LogP contribution in [-0.2, 0) is 12.7 Å². The van der Waals surface area contributed by atoms with Crippen LogP contribution in [0.15, 0.2) is 54.6 Å². The average Bonchev–Trinajstić information content (AvgIpc) is 3.51. The first-order valence-electron chi connectivity index (χ1n) is 11.7. The molecule has 0 N–H and O–H groups in total. The minimum atomic E-state index is -4.77. The van der Waals surface area contributed by atoms with Crippen molar-refractivity contribution in [2.45, 2.75) is 24.7 Å². The van der Waals surface area contributed by atoms with Gasteiger partial charge in [0.15, 0.2) is 11.5 Å². The lowest BCUT2D eigenvalue weighted by Gasteiger charge is -2.29. The molecule has 3 aromatic carbocycles. The summed E-state index contributed by atoms with van der Waals surface area (Å²) in [5.74, 6) is -0.653. The first kappa shape index (κ1) is 26.6. The van der Waals surface area contributed by atoms with Gasteiger partial charge in [-0.15, -0.1) is 0 Å². The second-order valence-corrected chi connectivity index (χ2v) is 10.2. The first-order valence-corrected chi connectivity index (χ1v) is 12.5. The number of ether oxygens (including phenoxy) is 2. The van der Waals surface area contributed by atoms with Gasteiger partial charge in [0, 0.05) is 37.2 Å². The quantitative estimate of drug-likeness (QED) is 0.324. The summed E-state index contributed by atoms with van der Waals surface area (Å²) in [7, 11) is 1.79. The SMILES string of the molecule is CN(Cc1ccc(C(F)(F)F)c(F)c1)C1CN(C(=O)c2ccc3c(c2)OCO3)C[C@@H]1c1ccc(Cl)c(Cl)c1. The van der Waals surface area contributed by atoms with Crippen molar-refractivity contribution in [1.82, 2.24) is 9.80 Å². The number of hydrogen-bond donors (Lipinski definition) is 0. The zero-order valence-electron chi connectivity index (χ0n) is 20.1. The Morgan fingerprint density at radius 3 is 2.47 bits per heavy atom. The molecule has 2 heterocycles. The summed E-state index contributed by atoms with van der Waals surface area (Å²) < 4.78 is 63.9. The molecule has 2 aliphatic rings. The van der Waals surface area contributed by atoms with Crippen LogP contribution in [0.1, 0.15) is 33.0 Å². The molecule has 1 saturated heterocycles. The minimum absolute atomic E-state index is 0.0908. The van der Waals surface area contributed by atoms with Crippen LogP contribution in [0.3, 0.4) is 0 Å². The Kier molecular flexibility index (Phi) is 7.19. The van der Waals surface area contributed by atoms with Crippen molar-refractivity contribution < 1.29 is 31.8 Å². The highest BCUT2D eigenvalue weighted by molar-refractivity contribution is 6.42. The van der Waals surface area contributed by atoms with Gasteiger partial charge in [0.2, 0.25) is 6.79 Å². The summed E-state index contributed by atoms with van der Waals surface area (Å²) in [6.45, 7) is 0.955. The van der Waals surface area contributed by atoms with E-state index in [1.165, 1.54) is 6.07 Å². The molecule has 5 rings (SSSR count). The van der Waals surface area contributed by atoms with Gasteiger partial charge in [-0.1, -0.05) is 35.3 Å². The van der Waals surface area contributed by atoms with E-state index in [4.69, 9.17) is 32.7 Å². The number of halogens is 6. The summed E-state index contributed by atoms with van der Waals surface area (Å²) in [5, 5.41) is 0.766. The van der Waals surface area contributed by atoms with Crippen LogP contribution in [0, 0.1) is 5.82 Å². The number of likely N-dealkylation sites (N-methyl/N-ethyl adjacent to an activating group) is 1. The molecule has 11 heteroatoms. The monoisotopic (exact) mass is 568 g/mol. The third-order valence-electron chi connectivity index (χ3n) is 6.90. The Balaban J connectivity index is 1.41. The topological polar surface area (TPSA) is 42.0 Å². The van der Waals surface area contributed by atoms with Crippen LogP contribution in [0.4, 0.5) is 17.6 Å². The molecule has 0 radical (unpaired) electrons. The van der Waals surface area contributed by atoms with Crippen molar-refractivity contribution in [3.63, 3.8) is 0 Å². The van der Waals surface area contributed by atoms with Crippen molar-refractivity contribution in [2.75, 3.05) is 26.9 Å². The van der Waals surface area contributed by atoms with Crippen LogP contribution < -0.4 is 9.47 Å². The molecule has 0 saturated carbocycles. The minimum Gasteiger partial charge on any atom is -0.454 e. The molecule has 3 aromatic rings. The number of hydrogen-bond acceptors (Lipinski definition) is 4. The van der Waals surface area contributed by atoms with E-state index in [-0.39, 0.29) is 31.2 Å². The van der Waals surface area contributed by atoms with Gasteiger partial charge < -0.3 is 14.4 Å². The molecular weight excluding hydrogens is 547 g/mol. The van der Waals surface area contributed by atoms with E-state index in [9.17, 15) is 22.4 Å². The number of rotatable bonds is 5. The van der Waals surface area contributed by atoms with Crippen molar-refractivity contribution in [3.8, 4) is 11.5 Å². The summed E-state index contributed by atoms with van der Waals surface area (Å²) in [6.07, 6.45) is -4.77. The molecule has 0 aliphatic carbocycles. The number of amides is 1. The van der Waals surface area contributed by atoms with E-state index >= 15 is 0 Å². The highest BCUT2D eigenvalue weighted by Gasteiger charge is 2.39. The molecule has 0 spiro atoms. The number of carbonyl (C=O) groups excluding carboxylic acids is 1. The Morgan fingerprint density at radius 2 is 1.76 bits per heavy atom. The normalized spacial score (nSPS) is 18.9. The van der Waals surface area contributed by atoms with Gasteiger partial charge in [-0.05, 0) is 60.6 Å². The van der Waals surface area contributed by atoms with Gasteiger partial charge in [0.25, 0.3) is 5.91 Å². The van der Waals surface area contributed by atoms with Crippen molar-refractivity contribution in [1.29, 1.82) is 0 Å². The fourth-order valence-electron chi connectivity index (χ4n) is 4.97. The summed E-state index contributed by atoms with van der Waals surface area (Å²) in [4.78, 5) is 17.1. The van der Waals surface area contributed by atoms with Gasteiger partial charge in [0.05, 0.1) is 15.6 Å². The predicted octanol–water partition coefficient (Wildman–Crippen LogP) is 6.62. The van der Waals surface area contributed by atoms with Gasteiger partial charge in [-0.3, -0.25) is 9.69 Å². The van der Waals surface area contributed by atoms with Gasteiger partial charge >= 0.3 is 6.18 Å². The smallest absolute Gasteiger partial charge is 0.419 e. The molecule has 1 amide bonds. The van der Waals surface area contributed by atoms with Crippen LogP contribution in [0.25, 0.3) is 0 Å². The largest absolute Gasteiger partial charge is 0.454 e. The second-order valence-electron chi connectivity index (χ2n) is 9.35. The fraction of sp³-hybridized carbons (Fsp3) is 0.296. The van der Waals surface area contributed by atoms with E-state index < -0.39 is 17.6 Å². The molecular formula is C27H22Cl2F4N2O3. The maximum Gasteiger partial charge on any atom is 0.419 e. The van der Waals surface area contributed by atoms with Crippen LogP contribution in [0.2, 0.25) is 10.0 Å². The number of nitrogens with zero attached hydrogens (tertiary/aromatic N) is 2. The molecule has 1 unspecified atom stereocenters. The lowest BCUT2D eigenvalue weighted by atomic mass is 9.93. The molecule has 38 heavy (non-hydrogen) atoms. The Hall–Kier alpha value is -3.01. The molecule has 1 fully saturated rings. The zero-order valence-corrected chi connectivity index (χ0v) is 21.6. The van der Waals surface area contributed by atoms with Gasteiger partial charge in [0.1, 0.15) is 5.82 Å². The molecule has 5 nitrogen and oxygen atoms in total. The Morgan fingerprint density at radius 1 is 1.00 bits per heavy atom. The number of fused-ring (bicyclic) bond motifs is 1. The van der Waals surface area contributed by atoms with Crippen LogP contribution in [0.5, 0.6) is 11.5 Å². The Labute approximate surface area is 226 Å². The van der Waals surface area contributed by atoms with E-state index in [1.807, 2.05) is 11.0 Å². The van der Waals surface area contributed by atoms with Crippen LogP contribution in [-0.4, -0.2) is 48.7 Å².